The van der Waals surface area contributed by atoms with Crippen LogP contribution in [-0.4, -0.2) is 26.6 Å². The number of aromatic amines is 1. The van der Waals surface area contributed by atoms with E-state index < -0.39 is 0 Å². The molecule has 0 bridgehead atoms. The predicted octanol–water partition coefficient (Wildman–Crippen LogP) is 4.67. The first-order chi connectivity index (χ1) is 15.2. The van der Waals surface area contributed by atoms with E-state index in [1.165, 1.54) is 16.9 Å². The van der Waals surface area contributed by atoms with Gasteiger partial charge in [0.2, 0.25) is 5.91 Å². The van der Waals surface area contributed by atoms with Crippen LogP contribution in [-0.2, 0) is 23.4 Å². The molecule has 6 nitrogen and oxygen atoms in total. The number of hydrogen-bond donors (Lipinski definition) is 2. The van der Waals surface area contributed by atoms with Crippen molar-refractivity contribution in [2.24, 2.45) is 0 Å². The van der Waals surface area contributed by atoms with Crippen LogP contribution < -0.4 is 10.9 Å². The Morgan fingerprint density at radius 3 is 3.00 bits per heavy atom. The van der Waals surface area contributed by atoms with Crippen molar-refractivity contribution >= 4 is 55.8 Å². The molecule has 1 aromatic carbocycles. The van der Waals surface area contributed by atoms with Crippen molar-refractivity contribution in [3.63, 3.8) is 0 Å². The average molecular weight is 451 g/mol. The van der Waals surface area contributed by atoms with Gasteiger partial charge >= 0.3 is 0 Å². The molecule has 0 aliphatic heterocycles. The number of amides is 1. The molecule has 3 aromatic heterocycles. The van der Waals surface area contributed by atoms with Crippen LogP contribution >= 0.6 is 23.1 Å². The average Bonchev–Trinajstić information content (AvgIpc) is 3.16. The third-order valence-electron chi connectivity index (χ3n) is 5.49. The molecular formula is C23H22N4O2S2. The lowest BCUT2D eigenvalue weighted by Gasteiger charge is -2.09. The van der Waals surface area contributed by atoms with Crippen molar-refractivity contribution in [2.45, 2.75) is 37.9 Å². The lowest BCUT2D eigenvalue weighted by molar-refractivity contribution is -0.115. The summed E-state index contributed by atoms with van der Waals surface area (Å²) in [5.41, 5.74) is 2.70. The Bertz CT molecular complexity index is 1320. The number of thiophene rings is 1. The molecule has 3 heterocycles. The van der Waals surface area contributed by atoms with Crippen molar-refractivity contribution in [3.8, 4) is 0 Å². The van der Waals surface area contributed by atoms with Crippen LogP contribution in [0.25, 0.3) is 21.1 Å². The summed E-state index contributed by atoms with van der Waals surface area (Å²) in [6.07, 6.45) is 6.48. The van der Waals surface area contributed by atoms with E-state index in [0.29, 0.717) is 23.8 Å². The summed E-state index contributed by atoms with van der Waals surface area (Å²) >= 11 is 3.26. The van der Waals surface area contributed by atoms with E-state index in [0.717, 1.165) is 46.1 Å². The van der Waals surface area contributed by atoms with Gasteiger partial charge in [-0.25, -0.2) is 4.98 Å². The number of anilines is 1. The Balaban J connectivity index is 1.19. The van der Waals surface area contributed by atoms with Gasteiger partial charge in [0.25, 0.3) is 5.56 Å². The number of aryl methyl sites for hydroxylation is 2. The highest BCUT2D eigenvalue weighted by atomic mass is 32.2. The predicted molar refractivity (Wildman–Crippen MR) is 128 cm³/mol. The molecule has 0 spiro atoms. The molecule has 1 amide bonds. The molecule has 1 aliphatic rings. The number of pyridine rings is 1. The van der Waals surface area contributed by atoms with Gasteiger partial charge in [-0.15, -0.1) is 11.3 Å². The van der Waals surface area contributed by atoms with Gasteiger partial charge in [-0.2, -0.15) is 11.8 Å². The monoisotopic (exact) mass is 450 g/mol. The molecule has 0 radical (unpaired) electrons. The number of para-hydroxylation sites is 1. The van der Waals surface area contributed by atoms with Crippen LogP contribution in [0.2, 0.25) is 0 Å². The molecule has 158 valence electrons. The first-order valence-electron chi connectivity index (χ1n) is 10.4. The number of nitrogens with zero attached hydrogens (tertiary/aromatic N) is 2. The standard InChI is InChI=1S/C23H22N4O2S2/c28-19(25-16-8-3-5-14-6-4-11-24-21(14)16)10-12-30-13-18-26-22(29)20-15-7-1-2-9-17(15)31-23(20)27-18/h3-6,8,11H,1-2,7,9-10,12-13H2,(H,25,28)(H,26,27,29). The van der Waals surface area contributed by atoms with Gasteiger partial charge in [-0.3, -0.25) is 14.6 Å². The number of benzene rings is 1. The lowest BCUT2D eigenvalue weighted by Crippen LogP contribution is -2.14. The van der Waals surface area contributed by atoms with Crippen LogP contribution in [0.3, 0.4) is 0 Å². The molecule has 1 aliphatic carbocycles. The maximum absolute atomic E-state index is 12.6. The van der Waals surface area contributed by atoms with Gasteiger partial charge in [0.15, 0.2) is 0 Å². The fourth-order valence-electron chi connectivity index (χ4n) is 4.03. The number of carbonyl (C=O) groups is 1. The minimum Gasteiger partial charge on any atom is -0.324 e. The van der Waals surface area contributed by atoms with E-state index in [9.17, 15) is 9.59 Å². The fourth-order valence-corrected chi connectivity index (χ4v) is 6.11. The molecule has 0 unspecified atom stereocenters. The van der Waals surface area contributed by atoms with Crippen LogP contribution in [0, 0.1) is 0 Å². The highest BCUT2D eigenvalue weighted by Gasteiger charge is 2.19. The van der Waals surface area contributed by atoms with Gasteiger partial charge in [0.1, 0.15) is 10.7 Å². The van der Waals surface area contributed by atoms with E-state index >= 15 is 0 Å². The van der Waals surface area contributed by atoms with Crippen LogP contribution in [0.15, 0.2) is 41.3 Å². The van der Waals surface area contributed by atoms with Gasteiger partial charge in [-0.05, 0) is 43.4 Å². The summed E-state index contributed by atoms with van der Waals surface area (Å²) in [6, 6.07) is 9.61. The summed E-state index contributed by atoms with van der Waals surface area (Å²) in [6.45, 7) is 0. The second kappa shape index (κ2) is 8.80. The van der Waals surface area contributed by atoms with Crippen molar-refractivity contribution in [1.82, 2.24) is 15.0 Å². The maximum atomic E-state index is 12.6. The molecule has 4 aromatic rings. The lowest BCUT2D eigenvalue weighted by atomic mass is 9.97. The number of carbonyl (C=O) groups excluding carboxylic acids is 1. The van der Waals surface area contributed by atoms with Crippen molar-refractivity contribution in [2.75, 3.05) is 11.1 Å². The van der Waals surface area contributed by atoms with E-state index in [2.05, 4.69) is 15.3 Å². The zero-order valence-electron chi connectivity index (χ0n) is 16.9. The summed E-state index contributed by atoms with van der Waals surface area (Å²) in [5.74, 6) is 1.86. The molecule has 31 heavy (non-hydrogen) atoms. The molecule has 0 saturated heterocycles. The van der Waals surface area contributed by atoms with Gasteiger partial charge in [0.05, 0.1) is 22.3 Å². The number of H-pyrrole nitrogens is 1. The van der Waals surface area contributed by atoms with E-state index in [1.54, 1.807) is 29.3 Å². The second-order valence-electron chi connectivity index (χ2n) is 7.64. The summed E-state index contributed by atoms with van der Waals surface area (Å²) in [5, 5.41) is 4.74. The summed E-state index contributed by atoms with van der Waals surface area (Å²) in [7, 11) is 0. The second-order valence-corrected chi connectivity index (χ2v) is 9.82. The Morgan fingerprint density at radius 2 is 2.06 bits per heavy atom. The number of fused-ring (bicyclic) bond motifs is 4. The highest BCUT2D eigenvalue weighted by molar-refractivity contribution is 7.98. The molecule has 0 atom stereocenters. The minimum absolute atomic E-state index is 0.0267. The SMILES string of the molecule is O=C(CCSCc1nc2sc3c(c2c(=O)[nH]1)CCCC3)Nc1cccc2cccnc12. The Labute approximate surface area is 187 Å². The minimum atomic E-state index is -0.0477. The van der Waals surface area contributed by atoms with Gasteiger partial charge < -0.3 is 10.3 Å². The Morgan fingerprint density at radius 1 is 1.19 bits per heavy atom. The fraction of sp³-hybridized carbons (Fsp3) is 0.304. The van der Waals surface area contributed by atoms with Crippen molar-refractivity contribution < 1.29 is 4.79 Å². The zero-order chi connectivity index (χ0) is 21.2. The largest absolute Gasteiger partial charge is 0.324 e. The van der Waals surface area contributed by atoms with Crippen LogP contribution in [0.5, 0.6) is 0 Å². The van der Waals surface area contributed by atoms with E-state index in [4.69, 9.17) is 4.98 Å². The zero-order valence-corrected chi connectivity index (χ0v) is 18.6. The number of nitrogens with one attached hydrogen (secondary N) is 2. The van der Waals surface area contributed by atoms with Crippen LogP contribution in [0.1, 0.15) is 35.5 Å². The number of aromatic nitrogens is 3. The van der Waals surface area contributed by atoms with Gasteiger partial charge in [0, 0.05) is 28.6 Å². The molecular weight excluding hydrogens is 428 g/mol. The van der Waals surface area contributed by atoms with E-state index in [1.807, 2.05) is 30.3 Å². The quantitative estimate of drug-likeness (QED) is 0.417. The molecule has 0 saturated carbocycles. The third kappa shape index (κ3) is 4.22. The normalized spacial score (nSPS) is 13.4. The van der Waals surface area contributed by atoms with Gasteiger partial charge in [-0.1, -0.05) is 18.2 Å². The number of hydrogen-bond acceptors (Lipinski definition) is 6. The third-order valence-corrected chi connectivity index (χ3v) is 7.65. The first-order valence-corrected chi connectivity index (χ1v) is 12.4. The Hall–Kier alpha value is -2.71. The molecule has 8 heteroatoms. The topological polar surface area (TPSA) is 87.7 Å². The molecule has 5 rings (SSSR count). The highest BCUT2D eigenvalue weighted by Crippen LogP contribution is 2.33. The summed E-state index contributed by atoms with van der Waals surface area (Å²) in [4.78, 5) is 39.2. The molecule has 0 fully saturated rings. The molecule has 2 N–H and O–H groups in total. The number of rotatable bonds is 6. The maximum Gasteiger partial charge on any atom is 0.259 e. The van der Waals surface area contributed by atoms with Crippen molar-refractivity contribution in [1.29, 1.82) is 0 Å². The van der Waals surface area contributed by atoms with E-state index in [-0.39, 0.29) is 11.5 Å². The first kappa shape index (κ1) is 20.2. The van der Waals surface area contributed by atoms with Crippen LogP contribution in [0.4, 0.5) is 5.69 Å². The number of thioether (sulfide) groups is 1. The Kier molecular flexibility index (Phi) is 5.74. The van der Waals surface area contributed by atoms with Crippen molar-refractivity contribution in [3.05, 3.63) is 63.1 Å². The smallest absolute Gasteiger partial charge is 0.259 e. The summed E-state index contributed by atoms with van der Waals surface area (Å²) < 4.78 is 0.